The maximum atomic E-state index is 12.6. The second-order valence-corrected chi connectivity index (χ2v) is 9.01. The molecule has 2 saturated heterocycles. The summed E-state index contributed by atoms with van der Waals surface area (Å²) >= 11 is 7.14. The maximum absolute atomic E-state index is 12.6. The Kier molecular flexibility index (Phi) is 3.47. The molecule has 5 rings (SSSR count). The van der Waals surface area contributed by atoms with E-state index >= 15 is 0 Å². The van der Waals surface area contributed by atoms with E-state index in [1.54, 1.807) is 0 Å². The van der Waals surface area contributed by atoms with Crippen LogP contribution in [0.15, 0.2) is 51.4 Å². The van der Waals surface area contributed by atoms with E-state index in [0.717, 1.165) is 15.4 Å². The second kappa shape index (κ2) is 5.41. The summed E-state index contributed by atoms with van der Waals surface area (Å²) in [6, 6.07) is 14.9. The smallest absolute Gasteiger partial charge is 0.163 e. The fourth-order valence-electron chi connectivity index (χ4n) is 4.98. The van der Waals surface area contributed by atoms with Crippen LogP contribution in [0.4, 0.5) is 5.69 Å². The van der Waals surface area contributed by atoms with Gasteiger partial charge in [0, 0.05) is 34.0 Å². The van der Waals surface area contributed by atoms with E-state index in [1.807, 2.05) is 0 Å². The Labute approximate surface area is 163 Å². The van der Waals surface area contributed by atoms with Crippen molar-refractivity contribution < 1.29 is 9.53 Å². The van der Waals surface area contributed by atoms with Gasteiger partial charge in [-0.05, 0) is 47.9 Å². The van der Waals surface area contributed by atoms with Crippen LogP contribution in [-0.4, -0.2) is 25.0 Å². The monoisotopic (exact) mass is 461 g/mol. The van der Waals surface area contributed by atoms with Crippen molar-refractivity contribution in [3.63, 3.8) is 0 Å². The minimum absolute atomic E-state index is 0.0722. The van der Waals surface area contributed by atoms with Crippen molar-refractivity contribution in [2.45, 2.75) is 36.5 Å². The molecule has 2 aromatic carbocycles. The number of halogens is 2. The molecule has 0 amide bonds. The van der Waals surface area contributed by atoms with Crippen LogP contribution in [0.2, 0.25) is 0 Å². The SMILES string of the molecule is CN1c2ccc(Br)cc2[C@H]2[C@@H]1[C@H]1O[C@]2(c2ccc(Br)cc2)CCC1=O. The first-order valence-corrected chi connectivity index (χ1v) is 10.1. The number of hydrogen-bond donors (Lipinski definition) is 0. The summed E-state index contributed by atoms with van der Waals surface area (Å²) in [5.74, 6) is 0.404. The first kappa shape index (κ1) is 16.0. The number of nitrogens with zero attached hydrogens (tertiary/aromatic N) is 1. The van der Waals surface area contributed by atoms with Crippen molar-refractivity contribution in [3.8, 4) is 0 Å². The first-order valence-electron chi connectivity index (χ1n) is 8.50. The number of benzene rings is 2. The van der Waals surface area contributed by atoms with Crippen molar-refractivity contribution >= 4 is 43.3 Å². The van der Waals surface area contributed by atoms with Gasteiger partial charge in [-0.15, -0.1) is 0 Å². The van der Waals surface area contributed by atoms with E-state index in [-0.39, 0.29) is 23.8 Å². The van der Waals surface area contributed by atoms with Gasteiger partial charge in [-0.3, -0.25) is 4.79 Å². The molecular formula is C20H17Br2NO2. The highest BCUT2D eigenvalue weighted by molar-refractivity contribution is 9.10. The Morgan fingerprint density at radius 3 is 2.60 bits per heavy atom. The molecule has 25 heavy (non-hydrogen) atoms. The number of ketones is 1. The number of ether oxygens (including phenoxy) is 1. The number of fused-ring (bicyclic) bond motifs is 7. The summed E-state index contributed by atoms with van der Waals surface area (Å²) in [4.78, 5) is 14.9. The lowest BCUT2D eigenvalue weighted by atomic mass is 9.75. The van der Waals surface area contributed by atoms with Crippen LogP contribution in [0.1, 0.15) is 29.9 Å². The summed E-state index contributed by atoms with van der Waals surface area (Å²) in [5.41, 5.74) is 3.23. The summed E-state index contributed by atoms with van der Waals surface area (Å²) in [6.45, 7) is 0. The van der Waals surface area contributed by atoms with Gasteiger partial charge in [0.05, 0.1) is 6.04 Å². The Hall–Kier alpha value is -1.17. The number of Topliss-reactive ketones (excluding diaryl/α,β-unsaturated/α-hetero) is 1. The highest BCUT2D eigenvalue weighted by Crippen LogP contribution is 2.61. The lowest BCUT2D eigenvalue weighted by molar-refractivity contribution is -0.148. The third-order valence-corrected chi connectivity index (χ3v) is 7.06. The molecule has 0 unspecified atom stereocenters. The predicted molar refractivity (Wildman–Crippen MR) is 104 cm³/mol. The van der Waals surface area contributed by atoms with E-state index in [9.17, 15) is 4.79 Å². The Morgan fingerprint density at radius 1 is 1.12 bits per heavy atom. The quantitative estimate of drug-likeness (QED) is 0.611. The third-order valence-electron chi connectivity index (χ3n) is 6.04. The molecule has 3 aliphatic heterocycles. The van der Waals surface area contributed by atoms with E-state index in [4.69, 9.17) is 4.74 Å². The lowest BCUT2D eigenvalue weighted by Crippen LogP contribution is -2.42. The number of carbonyl (C=O) groups is 1. The highest BCUT2D eigenvalue weighted by Gasteiger charge is 2.64. The zero-order valence-corrected chi connectivity index (χ0v) is 16.9. The van der Waals surface area contributed by atoms with E-state index in [1.165, 1.54) is 16.8 Å². The number of likely N-dealkylation sites (N-methyl/N-ethyl adjacent to an activating group) is 1. The van der Waals surface area contributed by atoms with Crippen LogP contribution in [-0.2, 0) is 15.1 Å². The minimum atomic E-state index is -0.426. The van der Waals surface area contributed by atoms with Crippen molar-refractivity contribution in [1.82, 2.24) is 0 Å². The number of carbonyl (C=O) groups excluding carboxylic acids is 1. The average molecular weight is 463 g/mol. The van der Waals surface area contributed by atoms with Gasteiger partial charge in [-0.25, -0.2) is 0 Å². The Bertz CT molecular complexity index is 882. The molecule has 0 N–H and O–H groups in total. The molecule has 5 heteroatoms. The normalized spacial score (nSPS) is 32.7. The zero-order chi connectivity index (χ0) is 17.3. The summed E-state index contributed by atoms with van der Waals surface area (Å²) in [5, 5.41) is 0. The molecular weight excluding hydrogens is 446 g/mol. The molecule has 3 heterocycles. The fourth-order valence-corrected chi connectivity index (χ4v) is 5.63. The highest BCUT2D eigenvalue weighted by atomic mass is 79.9. The summed E-state index contributed by atoms with van der Waals surface area (Å²) in [7, 11) is 2.09. The van der Waals surface area contributed by atoms with Crippen LogP contribution >= 0.6 is 31.9 Å². The predicted octanol–water partition coefficient (Wildman–Crippen LogP) is 4.77. The standard InChI is InChI=1S/C20H17Br2NO2/c1-23-15-7-6-13(22)10-14(15)17-18(23)19-16(24)8-9-20(17,25-19)11-2-4-12(21)5-3-11/h2-7,10,17-19H,8-9H2,1H3/t17-,18+,19-,20-/m0/s1. The largest absolute Gasteiger partial charge is 0.368 e. The van der Waals surface area contributed by atoms with E-state index < -0.39 is 5.60 Å². The second-order valence-electron chi connectivity index (χ2n) is 7.18. The van der Waals surface area contributed by atoms with Crippen molar-refractivity contribution in [3.05, 3.63) is 62.5 Å². The molecule has 3 aliphatic rings. The van der Waals surface area contributed by atoms with E-state index in [2.05, 4.69) is 86.3 Å². The first-order chi connectivity index (χ1) is 12.0. The third kappa shape index (κ3) is 2.09. The van der Waals surface area contributed by atoms with Gasteiger partial charge >= 0.3 is 0 Å². The molecule has 0 spiro atoms. The zero-order valence-electron chi connectivity index (χ0n) is 13.7. The molecule has 0 aromatic heterocycles. The molecule has 2 fully saturated rings. The lowest BCUT2D eigenvalue weighted by Gasteiger charge is -2.37. The van der Waals surface area contributed by atoms with Gasteiger partial charge in [-0.1, -0.05) is 44.0 Å². The van der Waals surface area contributed by atoms with Crippen LogP contribution in [0, 0.1) is 0 Å². The maximum Gasteiger partial charge on any atom is 0.163 e. The molecule has 2 bridgehead atoms. The molecule has 0 saturated carbocycles. The molecule has 4 atom stereocenters. The molecule has 128 valence electrons. The summed E-state index contributed by atoms with van der Waals surface area (Å²) < 4.78 is 8.66. The van der Waals surface area contributed by atoms with Gasteiger partial charge in [0.2, 0.25) is 0 Å². The number of anilines is 1. The van der Waals surface area contributed by atoms with Gasteiger partial charge in [0.25, 0.3) is 0 Å². The van der Waals surface area contributed by atoms with Gasteiger partial charge in [0.1, 0.15) is 11.7 Å². The molecule has 0 aliphatic carbocycles. The minimum Gasteiger partial charge on any atom is -0.368 e. The molecule has 3 nitrogen and oxygen atoms in total. The van der Waals surface area contributed by atoms with Crippen molar-refractivity contribution in [2.24, 2.45) is 0 Å². The van der Waals surface area contributed by atoms with Gasteiger partial charge in [0.15, 0.2) is 5.78 Å². The topological polar surface area (TPSA) is 29.5 Å². The summed E-state index contributed by atoms with van der Waals surface area (Å²) in [6.07, 6.45) is 0.981. The van der Waals surface area contributed by atoms with E-state index in [0.29, 0.717) is 6.42 Å². The number of hydrogen-bond acceptors (Lipinski definition) is 3. The van der Waals surface area contributed by atoms with Crippen LogP contribution < -0.4 is 4.90 Å². The average Bonchev–Trinajstić information content (AvgIpc) is 3.05. The van der Waals surface area contributed by atoms with Gasteiger partial charge in [-0.2, -0.15) is 0 Å². The van der Waals surface area contributed by atoms with Crippen molar-refractivity contribution in [1.29, 1.82) is 0 Å². The van der Waals surface area contributed by atoms with Crippen LogP contribution in [0.5, 0.6) is 0 Å². The van der Waals surface area contributed by atoms with Crippen LogP contribution in [0.3, 0.4) is 0 Å². The van der Waals surface area contributed by atoms with Gasteiger partial charge < -0.3 is 9.64 Å². The Balaban J connectivity index is 1.74. The van der Waals surface area contributed by atoms with Crippen molar-refractivity contribution in [2.75, 3.05) is 11.9 Å². The number of rotatable bonds is 1. The molecule has 2 aromatic rings. The molecule has 0 radical (unpaired) electrons. The Morgan fingerprint density at radius 2 is 1.84 bits per heavy atom. The fraction of sp³-hybridized carbons (Fsp3) is 0.350. The van der Waals surface area contributed by atoms with Crippen LogP contribution in [0.25, 0.3) is 0 Å².